The summed E-state index contributed by atoms with van der Waals surface area (Å²) in [5.74, 6) is 1.23. The van der Waals surface area contributed by atoms with Crippen molar-refractivity contribution in [3.8, 4) is 0 Å². The molecule has 1 heterocycles. The lowest BCUT2D eigenvalue weighted by Gasteiger charge is -2.18. The van der Waals surface area contributed by atoms with Gasteiger partial charge in [0.2, 0.25) is 11.8 Å². The minimum atomic E-state index is -0.417. The molecule has 0 aliphatic carbocycles. The Hall–Kier alpha value is -0.750. The van der Waals surface area contributed by atoms with Crippen LogP contribution in [0.5, 0.6) is 0 Å². The lowest BCUT2D eigenvalue weighted by Crippen LogP contribution is -2.50. The molecule has 0 spiro atoms. The van der Waals surface area contributed by atoms with E-state index in [1.807, 2.05) is 6.92 Å². The van der Waals surface area contributed by atoms with E-state index in [1.54, 1.807) is 18.9 Å². The number of amides is 2. The van der Waals surface area contributed by atoms with E-state index in [4.69, 9.17) is 4.74 Å². The van der Waals surface area contributed by atoms with Crippen LogP contribution in [0.15, 0.2) is 0 Å². The number of methoxy groups -OCH3 is 1. The predicted molar refractivity (Wildman–Crippen MR) is 63.4 cm³/mol. The lowest BCUT2D eigenvalue weighted by atomic mass is 10.2. The maximum Gasteiger partial charge on any atom is 0.243 e. The highest BCUT2D eigenvalue weighted by molar-refractivity contribution is 7.99. The molecule has 0 radical (unpaired) electrons. The Balaban J connectivity index is 2.42. The molecule has 1 saturated heterocycles. The van der Waals surface area contributed by atoms with E-state index in [9.17, 15) is 9.59 Å². The number of nitrogens with one attached hydrogen (secondary N) is 2. The fourth-order valence-electron chi connectivity index (χ4n) is 1.45. The second-order valence-corrected chi connectivity index (χ2v) is 4.96. The van der Waals surface area contributed by atoms with Crippen molar-refractivity contribution >= 4 is 23.6 Å². The average molecular weight is 246 g/mol. The minimum absolute atomic E-state index is 0.0392. The molecule has 92 valence electrons. The first-order chi connectivity index (χ1) is 7.63. The Labute approximate surface area is 99.7 Å². The maximum atomic E-state index is 11.8. The van der Waals surface area contributed by atoms with Crippen molar-refractivity contribution in [3.05, 3.63) is 0 Å². The Kier molecular flexibility index (Phi) is 5.62. The highest BCUT2D eigenvalue weighted by Crippen LogP contribution is 2.09. The largest absolute Gasteiger partial charge is 0.383 e. The van der Waals surface area contributed by atoms with E-state index >= 15 is 0 Å². The van der Waals surface area contributed by atoms with Crippen LogP contribution >= 0.6 is 11.8 Å². The number of carbonyl (C=O) groups is 2. The summed E-state index contributed by atoms with van der Waals surface area (Å²) in [6, 6.07) is -0.457. The molecular weight excluding hydrogens is 228 g/mol. The zero-order valence-electron chi connectivity index (χ0n) is 9.62. The average Bonchev–Trinajstić information content (AvgIpc) is 2.43. The SMILES string of the molecule is COCC(C)NC(=O)C1CSCCC(=O)N1. The maximum absolute atomic E-state index is 11.8. The van der Waals surface area contributed by atoms with E-state index < -0.39 is 6.04 Å². The number of hydrogen-bond donors (Lipinski definition) is 2. The van der Waals surface area contributed by atoms with Crippen molar-refractivity contribution in [2.45, 2.75) is 25.4 Å². The Morgan fingerprint density at radius 3 is 3.19 bits per heavy atom. The van der Waals surface area contributed by atoms with Gasteiger partial charge in [-0.2, -0.15) is 11.8 Å². The summed E-state index contributed by atoms with van der Waals surface area (Å²) >= 11 is 1.62. The lowest BCUT2D eigenvalue weighted by molar-refractivity contribution is -0.128. The molecule has 2 N–H and O–H groups in total. The normalized spacial score (nSPS) is 23.1. The fourth-order valence-corrected chi connectivity index (χ4v) is 2.42. The number of rotatable bonds is 4. The van der Waals surface area contributed by atoms with Crippen LogP contribution in [0.2, 0.25) is 0 Å². The first-order valence-corrected chi connectivity index (χ1v) is 6.45. The summed E-state index contributed by atoms with van der Waals surface area (Å²) in [6.07, 6.45) is 0.488. The second kappa shape index (κ2) is 6.75. The van der Waals surface area contributed by atoms with Gasteiger partial charge >= 0.3 is 0 Å². The van der Waals surface area contributed by atoms with Crippen molar-refractivity contribution in [2.24, 2.45) is 0 Å². The molecule has 2 atom stereocenters. The van der Waals surface area contributed by atoms with Crippen molar-refractivity contribution < 1.29 is 14.3 Å². The van der Waals surface area contributed by atoms with Gasteiger partial charge in [-0.3, -0.25) is 9.59 Å². The highest BCUT2D eigenvalue weighted by Gasteiger charge is 2.24. The molecule has 16 heavy (non-hydrogen) atoms. The standard InChI is InChI=1S/C10H18N2O3S/c1-7(5-15-2)11-10(14)8-6-16-4-3-9(13)12-8/h7-8H,3-6H2,1-2H3,(H,11,14)(H,12,13). The molecule has 0 bridgehead atoms. The highest BCUT2D eigenvalue weighted by atomic mass is 32.2. The number of hydrogen-bond acceptors (Lipinski definition) is 4. The second-order valence-electron chi connectivity index (χ2n) is 3.81. The molecule has 2 amide bonds. The minimum Gasteiger partial charge on any atom is -0.383 e. The van der Waals surface area contributed by atoms with Gasteiger partial charge < -0.3 is 15.4 Å². The molecule has 0 saturated carbocycles. The summed E-state index contributed by atoms with van der Waals surface area (Å²) in [5, 5.41) is 5.52. The molecule has 1 aliphatic rings. The molecule has 2 unspecified atom stereocenters. The van der Waals surface area contributed by atoms with E-state index in [0.717, 1.165) is 5.75 Å². The topological polar surface area (TPSA) is 67.4 Å². The van der Waals surface area contributed by atoms with Gasteiger partial charge in [0.05, 0.1) is 6.61 Å². The van der Waals surface area contributed by atoms with Crippen LogP contribution in [0, 0.1) is 0 Å². The first-order valence-electron chi connectivity index (χ1n) is 5.30. The predicted octanol–water partition coefficient (Wildman–Crippen LogP) is -0.241. The molecule has 0 aromatic heterocycles. The number of thioether (sulfide) groups is 1. The smallest absolute Gasteiger partial charge is 0.243 e. The first kappa shape index (κ1) is 13.3. The number of carbonyl (C=O) groups excluding carboxylic acids is 2. The van der Waals surface area contributed by atoms with E-state index in [2.05, 4.69) is 10.6 Å². The van der Waals surface area contributed by atoms with Gasteiger partial charge in [0, 0.05) is 31.1 Å². The summed E-state index contributed by atoms with van der Waals surface area (Å²) in [5.41, 5.74) is 0. The molecule has 1 rings (SSSR count). The van der Waals surface area contributed by atoms with E-state index in [-0.39, 0.29) is 17.9 Å². The Morgan fingerprint density at radius 1 is 1.75 bits per heavy atom. The van der Waals surface area contributed by atoms with Gasteiger partial charge in [0.25, 0.3) is 0 Å². The van der Waals surface area contributed by atoms with Crippen LogP contribution in [0.1, 0.15) is 13.3 Å². The quantitative estimate of drug-likeness (QED) is 0.718. The molecule has 0 aromatic rings. The summed E-state index contributed by atoms with van der Waals surface area (Å²) in [6.45, 7) is 2.34. The zero-order chi connectivity index (χ0) is 12.0. The van der Waals surface area contributed by atoms with Crippen molar-refractivity contribution in [3.63, 3.8) is 0 Å². The third-order valence-electron chi connectivity index (χ3n) is 2.22. The van der Waals surface area contributed by atoms with E-state index in [0.29, 0.717) is 18.8 Å². The van der Waals surface area contributed by atoms with Crippen LogP contribution < -0.4 is 10.6 Å². The van der Waals surface area contributed by atoms with Crippen LogP contribution in [0.3, 0.4) is 0 Å². The van der Waals surface area contributed by atoms with Gasteiger partial charge in [-0.25, -0.2) is 0 Å². The molecular formula is C10H18N2O3S. The summed E-state index contributed by atoms with van der Waals surface area (Å²) in [4.78, 5) is 23.1. The van der Waals surface area contributed by atoms with Crippen LogP contribution in [-0.2, 0) is 14.3 Å². The molecule has 1 fully saturated rings. The van der Waals surface area contributed by atoms with Crippen molar-refractivity contribution in [1.29, 1.82) is 0 Å². The summed E-state index contributed by atoms with van der Waals surface area (Å²) in [7, 11) is 1.59. The number of ether oxygens (including phenoxy) is 1. The van der Waals surface area contributed by atoms with Gasteiger partial charge in [0.15, 0.2) is 0 Å². The van der Waals surface area contributed by atoms with Crippen molar-refractivity contribution in [2.75, 3.05) is 25.2 Å². The van der Waals surface area contributed by atoms with Gasteiger partial charge in [0.1, 0.15) is 6.04 Å². The van der Waals surface area contributed by atoms with Gasteiger partial charge in [-0.05, 0) is 6.92 Å². The fraction of sp³-hybridized carbons (Fsp3) is 0.800. The van der Waals surface area contributed by atoms with Gasteiger partial charge in [-0.1, -0.05) is 0 Å². The van der Waals surface area contributed by atoms with Crippen LogP contribution in [0.25, 0.3) is 0 Å². The Morgan fingerprint density at radius 2 is 2.50 bits per heavy atom. The van der Waals surface area contributed by atoms with Crippen molar-refractivity contribution in [1.82, 2.24) is 10.6 Å². The molecule has 0 aromatic carbocycles. The summed E-state index contributed by atoms with van der Waals surface area (Å²) < 4.78 is 4.93. The molecule has 5 nitrogen and oxygen atoms in total. The molecule has 1 aliphatic heterocycles. The van der Waals surface area contributed by atoms with E-state index in [1.165, 1.54) is 0 Å². The third-order valence-corrected chi connectivity index (χ3v) is 3.28. The van der Waals surface area contributed by atoms with Crippen LogP contribution in [-0.4, -0.2) is 49.1 Å². The third kappa shape index (κ3) is 4.40. The van der Waals surface area contributed by atoms with Crippen LogP contribution in [0.4, 0.5) is 0 Å². The Bertz CT molecular complexity index is 260. The zero-order valence-corrected chi connectivity index (χ0v) is 10.4. The molecule has 6 heteroatoms. The van der Waals surface area contributed by atoms with Gasteiger partial charge in [-0.15, -0.1) is 0 Å². The monoisotopic (exact) mass is 246 g/mol.